The number of aromatic nitrogens is 2. The van der Waals surface area contributed by atoms with Crippen molar-refractivity contribution in [3.8, 4) is 0 Å². The lowest BCUT2D eigenvalue weighted by Gasteiger charge is -2.39. The van der Waals surface area contributed by atoms with Crippen LogP contribution < -0.4 is 0 Å². The van der Waals surface area contributed by atoms with Gasteiger partial charge < -0.3 is 14.5 Å². The highest BCUT2D eigenvalue weighted by molar-refractivity contribution is 5.82. The third-order valence-corrected chi connectivity index (χ3v) is 5.26. The van der Waals surface area contributed by atoms with Crippen molar-refractivity contribution < 1.29 is 19.2 Å². The molecule has 1 aliphatic heterocycles. The number of carbonyl (C=O) groups excluding carboxylic acids is 1. The van der Waals surface area contributed by atoms with Gasteiger partial charge in [-0.3, -0.25) is 9.59 Å². The van der Waals surface area contributed by atoms with Gasteiger partial charge in [-0.15, -0.1) is 0 Å². The molecular formula is C20H25N3O4. The van der Waals surface area contributed by atoms with E-state index in [1.54, 1.807) is 4.90 Å². The molecule has 27 heavy (non-hydrogen) atoms. The van der Waals surface area contributed by atoms with Gasteiger partial charge in [-0.1, -0.05) is 49.3 Å². The second-order valence-electron chi connectivity index (χ2n) is 7.34. The van der Waals surface area contributed by atoms with Gasteiger partial charge in [0.2, 0.25) is 11.8 Å². The molecule has 1 aromatic carbocycles. The molecule has 7 nitrogen and oxygen atoms in total. The van der Waals surface area contributed by atoms with Crippen molar-refractivity contribution >= 4 is 11.9 Å². The fraction of sp³-hybridized carbons (Fsp3) is 0.500. The molecule has 1 aromatic heterocycles. The van der Waals surface area contributed by atoms with E-state index < -0.39 is 11.4 Å². The molecule has 0 spiro atoms. The van der Waals surface area contributed by atoms with Crippen molar-refractivity contribution in [2.75, 3.05) is 13.1 Å². The zero-order valence-electron chi connectivity index (χ0n) is 15.7. The number of nitrogens with zero attached hydrogens (tertiary/aromatic N) is 3. The lowest BCUT2D eigenvalue weighted by Crippen LogP contribution is -2.49. The molecule has 144 valence electrons. The first-order chi connectivity index (χ1) is 12.9. The van der Waals surface area contributed by atoms with Crippen LogP contribution in [0.3, 0.4) is 0 Å². The maximum absolute atomic E-state index is 12.5. The first-order valence-electron chi connectivity index (χ1n) is 9.31. The molecule has 1 aliphatic rings. The lowest BCUT2D eigenvalue weighted by atomic mass is 9.73. The zero-order chi connectivity index (χ0) is 19.4. The number of aliphatic carboxylic acids is 1. The summed E-state index contributed by atoms with van der Waals surface area (Å²) in [6.45, 7) is 4.83. The Hall–Kier alpha value is -2.70. The fourth-order valence-electron chi connectivity index (χ4n) is 3.50. The number of benzene rings is 1. The maximum atomic E-state index is 12.5. The topological polar surface area (TPSA) is 96.5 Å². The summed E-state index contributed by atoms with van der Waals surface area (Å²) in [7, 11) is 0. The average molecular weight is 371 g/mol. The quantitative estimate of drug-likeness (QED) is 0.839. The largest absolute Gasteiger partial charge is 0.481 e. The molecular weight excluding hydrogens is 346 g/mol. The first-order valence-corrected chi connectivity index (χ1v) is 9.31. The number of carbonyl (C=O) groups is 2. The number of hydrogen-bond acceptors (Lipinski definition) is 5. The Balaban J connectivity index is 1.59. The van der Waals surface area contributed by atoms with Crippen molar-refractivity contribution in [1.29, 1.82) is 0 Å². The zero-order valence-corrected chi connectivity index (χ0v) is 15.7. The summed E-state index contributed by atoms with van der Waals surface area (Å²) in [4.78, 5) is 30.5. The van der Waals surface area contributed by atoms with E-state index in [0.717, 1.165) is 5.56 Å². The molecule has 0 atom stereocenters. The van der Waals surface area contributed by atoms with Crippen LogP contribution in [-0.2, 0) is 21.4 Å². The van der Waals surface area contributed by atoms with Crippen LogP contribution in [0.1, 0.15) is 56.3 Å². The van der Waals surface area contributed by atoms with E-state index in [-0.39, 0.29) is 18.2 Å². The Labute approximate surface area is 158 Å². The SMILES string of the molecule is CC(C)c1noc(CCC(=O)N2CCC(C(=O)O)(c3ccccc3)CC2)n1. The number of aryl methyl sites for hydroxylation is 1. The Kier molecular flexibility index (Phi) is 5.58. The van der Waals surface area contributed by atoms with E-state index in [1.807, 2.05) is 44.2 Å². The van der Waals surface area contributed by atoms with Gasteiger partial charge in [-0.05, 0) is 18.4 Å². The molecule has 1 amide bonds. The van der Waals surface area contributed by atoms with Crippen molar-refractivity contribution in [2.45, 2.75) is 50.9 Å². The van der Waals surface area contributed by atoms with Gasteiger partial charge in [0.1, 0.15) is 0 Å². The third kappa shape index (κ3) is 4.02. The number of carboxylic acids is 1. The Morgan fingerprint density at radius 1 is 1.22 bits per heavy atom. The summed E-state index contributed by atoms with van der Waals surface area (Å²) in [5.41, 5.74) is -0.117. The Bertz CT molecular complexity index is 793. The molecule has 0 radical (unpaired) electrons. The highest BCUT2D eigenvalue weighted by Gasteiger charge is 2.43. The van der Waals surface area contributed by atoms with Gasteiger partial charge in [-0.2, -0.15) is 4.98 Å². The minimum absolute atomic E-state index is 0.00801. The molecule has 0 unspecified atom stereocenters. The number of hydrogen-bond donors (Lipinski definition) is 1. The fourth-order valence-corrected chi connectivity index (χ4v) is 3.50. The predicted molar refractivity (Wildman–Crippen MR) is 98.3 cm³/mol. The molecule has 1 fully saturated rings. The molecule has 2 aromatic rings. The van der Waals surface area contributed by atoms with Gasteiger partial charge in [0.05, 0.1) is 5.41 Å². The first kappa shape index (κ1) is 19.1. The van der Waals surface area contributed by atoms with Crippen LogP contribution in [0.25, 0.3) is 0 Å². The molecule has 3 rings (SSSR count). The summed E-state index contributed by atoms with van der Waals surface area (Å²) in [5.74, 6) is 0.458. The second-order valence-corrected chi connectivity index (χ2v) is 7.34. The van der Waals surface area contributed by atoms with Crippen LogP contribution in [-0.4, -0.2) is 45.1 Å². The Morgan fingerprint density at radius 3 is 2.44 bits per heavy atom. The van der Waals surface area contributed by atoms with E-state index in [0.29, 0.717) is 44.1 Å². The van der Waals surface area contributed by atoms with Gasteiger partial charge in [0.25, 0.3) is 0 Å². The van der Waals surface area contributed by atoms with Crippen molar-refractivity contribution in [2.24, 2.45) is 0 Å². The van der Waals surface area contributed by atoms with E-state index in [1.165, 1.54) is 0 Å². The predicted octanol–water partition coefficient (Wildman–Crippen LogP) is 2.77. The normalized spacial score (nSPS) is 16.5. The molecule has 0 aliphatic carbocycles. The van der Waals surface area contributed by atoms with Crippen molar-refractivity contribution in [3.05, 3.63) is 47.6 Å². The Morgan fingerprint density at radius 2 is 1.89 bits per heavy atom. The van der Waals surface area contributed by atoms with Crippen LogP contribution in [0.5, 0.6) is 0 Å². The highest BCUT2D eigenvalue weighted by Crippen LogP contribution is 2.36. The summed E-state index contributed by atoms with van der Waals surface area (Å²) < 4.78 is 5.18. The van der Waals surface area contributed by atoms with E-state index in [9.17, 15) is 14.7 Å². The average Bonchev–Trinajstić information content (AvgIpc) is 3.16. The van der Waals surface area contributed by atoms with E-state index in [2.05, 4.69) is 10.1 Å². The maximum Gasteiger partial charge on any atom is 0.314 e. The molecule has 0 bridgehead atoms. The minimum atomic E-state index is -0.920. The molecule has 7 heteroatoms. The second kappa shape index (κ2) is 7.90. The minimum Gasteiger partial charge on any atom is -0.481 e. The number of carboxylic acid groups (broad SMARTS) is 1. The third-order valence-electron chi connectivity index (χ3n) is 5.26. The number of piperidine rings is 1. The van der Waals surface area contributed by atoms with E-state index >= 15 is 0 Å². The van der Waals surface area contributed by atoms with Crippen molar-refractivity contribution in [1.82, 2.24) is 15.0 Å². The number of likely N-dealkylation sites (tertiary alicyclic amines) is 1. The lowest BCUT2D eigenvalue weighted by molar-refractivity contribution is -0.148. The number of rotatable bonds is 6. The number of amides is 1. The van der Waals surface area contributed by atoms with Gasteiger partial charge in [0, 0.05) is 31.8 Å². The standard InChI is InChI=1S/C20H25N3O4/c1-14(2)18-21-16(27-22-18)8-9-17(24)23-12-10-20(11-13-23,19(25)26)15-6-4-3-5-7-15/h3-7,14H,8-13H2,1-2H3,(H,25,26). The highest BCUT2D eigenvalue weighted by atomic mass is 16.5. The molecule has 2 heterocycles. The monoisotopic (exact) mass is 371 g/mol. The van der Waals surface area contributed by atoms with E-state index in [4.69, 9.17) is 4.52 Å². The van der Waals surface area contributed by atoms with Crippen molar-refractivity contribution in [3.63, 3.8) is 0 Å². The molecule has 1 saturated heterocycles. The van der Waals surface area contributed by atoms with Crippen LogP contribution in [0.2, 0.25) is 0 Å². The summed E-state index contributed by atoms with van der Waals surface area (Å²) >= 11 is 0. The summed E-state index contributed by atoms with van der Waals surface area (Å²) in [6, 6.07) is 9.29. The molecule has 1 N–H and O–H groups in total. The van der Waals surface area contributed by atoms with Crippen LogP contribution in [0.15, 0.2) is 34.9 Å². The van der Waals surface area contributed by atoms with Crippen LogP contribution in [0, 0.1) is 0 Å². The van der Waals surface area contributed by atoms with Crippen LogP contribution >= 0.6 is 0 Å². The van der Waals surface area contributed by atoms with Gasteiger partial charge in [-0.25, -0.2) is 0 Å². The molecule has 0 saturated carbocycles. The van der Waals surface area contributed by atoms with Gasteiger partial charge >= 0.3 is 5.97 Å². The van der Waals surface area contributed by atoms with Gasteiger partial charge in [0.15, 0.2) is 5.82 Å². The van der Waals surface area contributed by atoms with Crippen LogP contribution in [0.4, 0.5) is 0 Å². The smallest absolute Gasteiger partial charge is 0.314 e. The summed E-state index contributed by atoms with van der Waals surface area (Å²) in [6.07, 6.45) is 1.51. The summed E-state index contributed by atoms with van der Waals surface area (Å²) in [5, 5.41) is 13.7.